The van der Waals surface area contributed by atoms with Crippen LogP contribution in [0.15, 0.2) is 195 Å². The number of fused-ring (bicyclic) bond motifs is 7. The first-order valence-electron chi connectivity index (χ1n) is 18.2. The lowest BCUT2D eigenvalue weighted by atomic mass is 9.94. The summed E-state index contributed by atoms with van der Waals surface area (Å²) in [4.78, 5) is 10.4. The Morgan fingerprint density at radius 1 is 0.444 bits per heavy atom. The molecule has 0 saturated heterocycles. The van der Waals surface area contributed by atoms with Crippen LogP contribution in [0.1, 0.15) is 22.9 Å². The Balaban J connectivity index is 1.09. The molecule has 0 amide bonds. The van der Waals surface area contributed by atoms with Gasteiger partial charge in [-0.05, 0) is 51.7 Å². The normalized spacial score (nSPS) is 14.5. The lowest BCUT2D eigenvalue weighted by Gasteiger charge is -2.24. The molecule has 0 aliphatic carbocycles. The number of amidine groups is 2. The van der Waals surface area contributed by atoms with Crippen molar-refractivity contribution in [1.82, 2.24) is 5.32 Å². The molecule has 2 aromatic heterocycles. The molecule has 1 unspecified atom stereocenters. The lowest BCUT2D eigenvalue weighted by molar-refractivity contribution is 0.663. The second-order valence-electron chi connectivity index (χ2n) is 13.8. The molecule has 5 nitrogen and oxygen atoms in total. The highest BCUT2D eigenvalue weighted by molar-refractivity contribution is 6.20. The maximum absolute atomic E-state index is 6.82. The Labute approximate surface area is 310 Å². The zero-order chi connectivity index (χ0) is 35.6. The van der Waals surface area contributed by atoms with Gasteiger partial charge in [0.25, 0.3) is 0 Å². The summed E-state index contributed by atoms with van der Waals surface area (Å²) in [6.07, 6.45) is -0.434. The quantitative estimate of drug-likeness (QED) is 0.195. The first-order chi connectivity index (χ1) is 26.7. The molecule has 1 N–H and O–H groups in total. The molecule has 1 aliphatic rings. The molecule has 0 fully saturated rings. The van der Waals surface area contributed by atoms with Crippen molar-refractivity contribution in [3.63, 3.8) is 0 Å². The Morgan fingerprint density at radius 2 is 1.11 bits per heavy atom. The van der Waals surface area contributed by atoms with E-state index in [9.17, 15) is 0 Å². The van der Waals surface area contributed by atoms with Gasteiger partial charge < -0.3 is 14.2 Å². The number of hydrogen-bond donors (Lipinski definition) is 1. The number of benzene rings is 8. The highest BCUT2D eigenvalue weighted by Crippen LogP contribution is 2.45. The molecule has 0 spiro atoms. The SMILES string of the molecule is c1ccc(C2=NC(c3ccc(-c4cccc5oc6cc7ccccc7cc6c45)c4oc5ccccc5c34)NC(c3ccc(-c4ccccc4)cc3)=N2)cc1. The number of aliphatic imine (C=N–C) groups is 2. The second kappa shape index (κ2) is 12.2. The van der Waals surface area contributed by atoms with E-state index in [4.69, 9.17) is 18.8 Å². The van der Waals surface area contributed by atoms with Crippen molar-refractivity contribution in [1.29, 1.82) is 0 Å². The predicted molar refractivity (Wildman–Crippen MR) is 221 cm³/mol. The molecule has 3 heterocycles. The van der Waals surface area contributed by atoms with Crippen LogP contribution in [0.3, 0.4) is 0 Å². The fourth-order valence-electron chi connectivity index (χ4n) is 7.95. The van der Waals surface area contributed by atoms with E-state index >= 15 is 0 Å². The van der Waals surface area contributed by atoms with E-state index in [0.717, 1.165) is 88.5 Å². The molecule has 1 atom stereocenters. The van der Waals surface area contributed by atoms with Crippen LogP contribution < -0.4 is 5.32 Å². The van der Waals surface area contributed by atoms with Gasteiger partial charge in [0.05, 0.1) is 0 Å². The predicted octanol–water partition coefficient (Wildman–Crippen LogP) is 12.5. The molecule has 8 aromatic carbocycles. The smallest absolute Gasteiger partial charge is 0.159 e. The lowest BCUT2D eigenvalue weighted by Crippen LogP contribution is -2.33. The minimum absolute atomic E-state index is 0.434. The summed E-state index contributed by atoms with van der Waals surface area (Å²) in [6.45, 7) is 0. The van der Waals surface area contributed by atoms with Gasteiger partial charge in [0.1, 0.15) is 34.3 Å². The molecule has 1 aliphatic heterocycles. The maximum atomic E-state index is 6.82. The van der Waals surface area contributed by atoms with Crippen molar-refractivity contribution in [2.24, 2.45) is 9.98 Å². The Kier molecular flexibility index (Phi) is 6.85. The second-order valence-corrected chi connectivity index (χ2v) is 13.8. The molecule has 5 heteroatoms. The van der Waals surface area contributed by atoms with Gasteiger partial charge in [-0.25, -0.2) is 9.98 Å². The average molecular weight is 694 g/mol. The van der Waals surface area contributed by atoms with Crippen LogP contribution in [0, 0.1) is 0 Å². The van der Waals surface area contributed by atoms with Crippen LogP contribution >= 0.6 is 0 Å². The zero-order valence-electron chi connectivity index (χ0n) is 29.0. The van der Waals surface area contributed by atoms with E-state index in [0.29, 0.717) is 5.84 Å². The monoisotopic (exact) mass is 693 g/mol. The van der Waals surface area contributed by atoms with Gasteiger partial charge in [0, 0.05) is 43.8 Å². The largest absolute Gasteiger partial charge is 0.456 e. The summed E-state index contributed by atoms with van der Waals surface area (Å²) in [5.41, 5.74) is 10.7. The van der Waals surface area contributed by atoms with Crippen molar-refractivity contribution in [2.75, 3.05) is 0 Å². The summed E-state index contributed by atoms with van der Waals surface area (Å²) in [7, 11) is 0. The van der Waals surface area contributed by atoms with E-state index in [2.05, 4.69) is 139 Å². The van der Waals surface area contributed by atoms with Gasteiger partial charge in [-0.1, -0.05) is 152 Å². The molecule has 254 valence electrons. The Morgan fingerprint density at radius 3 is 1.93 bits per heavy atom. The van der Waals surface area contributed by atoms with Crippen LogP contribution in [-0.2, 0) is 0 Å². The highest BCUT2D eigenvalue weighted by atomic mass is 16.3. The molecule has 0 saturated carbocycles. The third kappa shape index (κ3) is 4.94. The van der Waals surface area contributed by atoms with Crippen molar-refractivity contribution >= 4 is 66.3 Å². The van der Waals surface area contributed by atoms with Crippen LogP contribution in [0.4, 0.5) is 0 Å². The van der Waals surface area contributed by atoms with E-state index in [1.807, 2.05) is 42.5 Å². The van der Waals surface area contributed by atoms with Gasteiger partial charge >= 0.3 is 0 Å². The highest BCUT2D eigenvalue weighted by Gasteiger charge is 2.27. The molecule has 10 aromatic rings. The average Bonchev–Trinajstić information content (AvgIpc) is 3.82. The Hall–Kier alpha value is -7.24. The fraction of sp³-hybridized carbons (Fsp3) is 0.0204. The van der Waals surface area contributed by atoms with Gasteiger partial charge in [0.2, 0.25) is 0 Å². The van der Waals surface area contributed by atoms with E-state index in [1.165, 1.54) is 10.9 Å². The molecule has 0 bridgehead atoms. The summed E-state index contributed by atoms with van der Waals surface area (Å²) < 4.78 is 13.3. The number of hydrogen-bond acceptors (Lipinski definition) is 5. The van der Waals surface area contributed by atoms with Crippen molar-refractivity contribution < 1.29 is 8.83 Å². The molecular weight excluding hydrogens is 663 g/mol. The number of rotatable bonds is 5. The summed E-state index contributed by atoms with van der Waals surface area (Å²) in [6, 6.07) is 60.9. The van der Waals surface area contributed by atoms with Crippen LogP contribution in [-0.4, -0.2) is 11.7 Å². The van der Waals surface area contributed by atoms with Gasteiger partial charge in [0.15, 0.2) is 5.84 Å². The first kappa shape index (κ1) is 30.4. The number of para-hydroxylation sites is 1. The van der Waals surface area contributed by atoms with E-state index < -0.39 is 6.17 Å². The summed E-state index contributed by atoms with van der Waals surface area (Å²) >= 11 is 0. The summed E-state index contributed by atoms with van der Waals surface area (Å²) in [5, 5.41) is 10.3. The Bertz CT molecular complexity index is 3120. The van der Waals surface area contributed by atoms with Crippen molar-refractivity contribution in [3.05, 3.63) is 193 Å². The molecule has 54 heavy (non-hydrogen) atoms. The molecule has 0 radical (unpaired) electrons. The summed E-state index contributed by atoms with van der Waals surface area (Å²) in [5.74, 6) is 1.44. The van der Waals surface area contributed by atoms with Crippen LogP contribution in [0.2, 0.25) is 0 Å². The third-order valence-electron chi connectivity index (χ3n) is 10.5. The van der Waals surface area contributed by atoms with Crippen LogP contribution in [0.25, 0.3) is 76.9 Å². The zero-order valence-corrected chi connectivity index (χ0v) is 29.0. The number of nitrogens with one attached hydrogen (secondary N) is 1. The maximum Gasteiger partial charge on any atom is 0.159 e. The van der Waals surface area contributed by atoms with E-state index in [1.54, 1.807) is 0 Å². The molecular formula is C49H31N3O2. The van der Waals surface area contributed by atoms with Gasteiger partial charge in [-0.15, -0.1) is 0 Å². The minimum atomic E-state index is -0.434. The van der Waals surface area contributed by atoms with E-state index in [-0.39, 0.29) is 0 Å². The van der Waals surface area contributed by atoms with Gasteiger partial charge in [-0.3, -0.25) is 0 Å². The van der Waals surface area contributed by atoms with Crippen molar-refractivity contribution in [3.8, 4) is 22.3 Å². The standard InChI is InChI=1S/C49H31N3O2/c1-3-12-30(13-4-1)31-22-24-33(25-23-31)48-50-47(32-14-5-2-6-15-32)51-49(52-48)39-27-26-37(46-45(39)38-18-9-10-20-41(38)54-46)36-19-11-21-42-44(36)40-28-34-16-7-8-17-35(34)29-43(40)53-42/h1-29,49H,(H,50,51,52). The third-order valence-corrected chi connectivity index (χ3v) is 10.5. The van der Waals surface area contributed by atoms with Gasteiger partial charge in [-0.2, -0.15) is 0 Å². The topological polar surface area (TPSA) is 63.0 Å². The first-order valence-corrected chi connectivity index (χ1v) is 18.2. The van der Waals surface area contributed by atoms with Crippen LogP contribution in [0.5, 0.6) is 0 Å². The number of nitrogens with zero attached hydrogens (tertiary/aromatic N) is 2. The van der Waals surface area contributed by atoms with Crippen molar-refractivity contribution in [2.45, 2.75) is 6.17 Å². The molecule has 11 rings (SSSR count). The fourth-order valence-corrected chi connectivity index (χ4v) is 7.95. The number of furan rings is 2. The minimum Gasteiger partial charge on any atom is -0.456 e.